The van der Waals surface area contributed by atoms with Crippen molar-refractivity contribution in [3.05, 3.63) is 64.7 Å². The third-order valence-corrected chi connectivity index (χ3v) is 5.03. The van der Waals surface area contributed by atoms with Crippen molar-refractivity contribution in [3.63, 3.8) is 0 Å². The summed E-state index contributed by atoms with van der Waals surface area (Å²) in [4.78, 5) is 0. The van der Waals surface area contributed by atoms with Crippen LogP contribution in [0.15, 0.2) is 42.5 Å². The van der Waals surface area contributed by atoms with E-state index in [2.05, 4.69) is 96.4 Å². The fourth-order valence-corrected chi connectivity index (χ4v) is 3.25. The maximum Gasteiger partial charge on any atom is 0.0411 e. The van der Waals surface area contributed by atoms with E-state index in [1.807, 2.05) is 0 Å². The Bertz CT molecular complexity index is 662. The van der Waals surface area contributed by atoms with Crippen LogP contribution in [-0.2, 0) is 11.8 Å². The Labute approximate surface area is 148 Å². The molecule has 0 amide bonds. The van der Waals surface area contributed by atoms with Crippen molar-refractivity contribution in [3.8, 4) is 0 Å². The van der Waals surface area contributed by atoms with Crippen LogP contribution in [0.1, 0.15) is 69.7 Å². The first-order valence-corrected chi connectivity index (χ1v) is 9.13. The molecule has 2 aromatic rings. The molecule has 0 aromatic heterocycles. The van der Waals surface area contributed by atoms with Crippen LogP contribution in [0.25, 0.3) is 0 Å². The molecule has 2 aromatic carbocycles. The Morgan fingerprint density at radius 2 is 1.54 bits per heavy atom. The Morgan fingerprint density at radius 3 is 2.04 bits per heavy atom. The summed E-state index contributed by atoms with van der Waals surface area (Å²) in [6.07, 6.45) is 0.992. The van der Waals surface area contributed by atoms with E-state index < -0.39 is 0 Å². The highest BCUT2D eigenvalue weighted by atomic mass is 14.8. The highest BCUT2D eigenvalue weighted by Gasteiger charge is 2.24. The Kier molecular flexibility index (Phi) is 5.74. The lowest BCUT2D eigenvalue weighted by Gasteiger charge is -2.29. The summed E-state index contributed by atoms with van der Waals surface area (Å²) in [5.74, 6) is 1.15. The van der Waals surface area contributed by atoms with Crippen LogP contribution < -0.4 is 5.32 Å². The molecule has 1 nitrogen and oxygen atoms in total. The highest BCUT2D eigenvalue weighted by Crippen LogP contribution is 2.39. The Hall–Kier alpha value is -1.76. The first-order valence-electron chi connectivity index (χ1n) is 9.13. The van der Waals surface area contributed by atoms with Gasteiger partial charge in [0.1, 0.15) is 0 Å². The zero-order valence-electron chi connectivity index (χ0n) is 16.4. The van der Waals surface area contributed by atoms with Gasteiger partial charge in [-0.1, -0.05) is 84.0 Å². The Morgan fingerprint density at radius 1 is 0.917 bits per heavy atom. The molecule has 0 aliphatic rings. The molecule has 130 valence electrons. The highest BCUT2D eigenvalue weighted by molar-refractivity contribution is 5.63. The minimum Gasteiger partial charge on any atom is -0.388 e. The molecular weight excluding hydrogens is 290 g/mol. The molecule has 1 atom stereocenters. The zero-order valence-corrected chi connectivity index (χ0v) is 16.4. The summed E-state index contributed by atoms with van der Waals surface area (Å²) >= 11 is 0. The van der Waals surface area contributed by atoms with Crippen molar-refractivity contribution in [2.45, 2.75) is 59.3 Å². The SMILES string of the molecule is CNc1c(C(C)C(C)C)cc(Cc2ccccc2)cc1C(C)(C)C. The standard InChI is InChI=1S/C23H33N/c1-16(2)17(3)20-14-19(13-18-11-9-8-10-12-18)15-21(22(20)24-7)23(4,5)6/h8-12,14-17,24H,13H2,1-7H3. The molecule has 0 heterocycles. The van der Waals surface area contributed by atoms with Crippen molar-refractivity contribution in [2.75, 3.05) is 12.4 Å². The van der Waals surface area contributed by atoms with E-state index in [1.54, 1.807) is 0 Å². The summed E-state index contributed by atoms with van der Waals surface area (Å²) in [5, 5.41) is 3.50. The van der Waals surface area contributed by atoms with E-state index in [0.29, 0.717) is 11.8 Å². The van der Waals surface area contributed by atoms with Crippen molar-refractivity contribution in [2.24, 2.45) is 5.92 Å². The van der Waals surface area contributed by atoms with Gasteiger partial charge in [-0.2, -0.15) is 0 Å². The van der Waals surface area contributed by atoms with Gasteiger partial charge in [0.15, 0.2) is 0 Å². The quantitative estimate of drug-likeness (QED) is 0.673. The second kappa shape index (κ2) is 7.42. The van der Waals surface area contributed by atoms with Crippen LogP contribution >= 0.6 is 0 Å². The lowest BCUT2D eigenvalue weighted by molar-refractivity contribution is 0.532. The summed E-state index contributed by atoms with van der Waals surface area (Å²) in [6.45, 7) is 13.9. The van der Waals surface area contributed by atoms with Gasteiger partial charge in [0.2, 0.25) is 0 Å². The Balaban J connectivity index is 2.58. The van der Waals surface area contributed by atoms with Crippen LogP contribution in [0.5, 0.6) is 0 Å². The predicted octanol–water partition coefficient (Wildman–Crippen LogP) is 6.38. The third-order valence-electron chi connectivity index (χ3n) is 5.03. The fraction of sp³-hybridized carbons (Fsp3) is 0.478. The summed E-state index contributed by atoms with van der Waals surface area (Å²) in [5.41, 5.74) is 7.09. The first kappa shape index (κ1) is 18.6. The van der Waals surface area contributed by atoms with E-state index in [-0.39, 0.29) is 5.41 Å². The topological polar surface area (TPSA) is 12.0 Å². The maximum absolute atomic E-state index is 3.50. The average Bonchev–Trinajstić information content (AvgIpc) is 2.53. The van der Waals surface area contributed by atoms with E-state index >= 15 is 0 Å². The van der Waals surface area contributed by atoms with Gasteiger partial charge in [-0.25, -0.2) is 0 Å². The molecular formula is C23H33N. The van der Waals surface area contributed by atoms with Gasteiger partial charge < -0.3 is 5.32 Å². The summed E-state index contributed by atoms with van der Waals surface area (Å²) in [7, 11) is 2.05. The molecule has 0 radical (unpaired) electrons. The molecule has 0 aliphatic heterocycles. The molecule has 0 fully saturated rings. The van der Waals surface area contributed by atoms with Gasteiger partial charge in [0.05, 0.1) is 0 Å². The van der Waals surface area contributed by atoms with Crippen LogP contribution in [0.3, 0.4) is 0 Å². The fourth-order valence-electron chi connectivity index (χ4n) is 3.25. The zero-order chi connectivity index (χ0) is 17.9. The van der Waals surface area contributed by atoms with Crippen molar-refractivity contribution in [1.82, 2.24) is 0 Å². The average molecular weight is 324 g/mol. The minimum absolute atomic E-state index is 0.122. The summed E-state index contributed by atoms with van der Waals surface area (Å²) in [6, 6.07) is 15.6. The van der Waals surface area contributed by atoms with Gasteiger partial charge in [0.25, 0.3) is 0 Å². The number of hydrogen-bond donors (Lipinski definition) is 1. The molecule has 0 spiro atoms. The predicted molar refractivity (Wildman–Crippen MR) is 107 cm³/mol. The van der Waals surface area contributed by atoms with Crippen LogP contribution in [-0.4, -0.2) is 7.05 Å². The smallest absolute Gasteiger partial charge is 0.0411 e. The minimum atomic E-state index is 0.122. The van der Waals surface area contributed by atoms with Crippen LogP contribution in [0.2, 0.25) is 0 Å². The number of benzene rings is 2. The monoisotopic (exact) mass is 323 g/mol. The van der Waals surface area contributed by atoms with Gasteiger partial charge in [0, 0.05) is 12.7 Å². The van der Waals surface area contributed by atoms with E-state index in [9.17, 15) is 0 Å². The number of anilines is 1. The van der Waals surface area contributed by atoms with E-state index in [0.717, 1.165) is 6.42 Å². The van der Waals surface area contributed by atoms with Crippen molar-refractivity contribution in [1.29, 1.82) is 0 Å². The van der Waals surface area contributed by atoms with Gasteiger partial charge in [-0.05, 0) is 45.9 Å². The molecule has 0 saturated carbocycles. The lowest BCUT2D eigenvalue weighted by Crippen LogP contribution is -2.18. The van der Waals surface area contributed by atoms with Crippen molar-refractivity contribution < 1.29 is 0 Å². The van der Waals surface area contributed by atoms with E-state index in [4.69, 9.17) is 0 Å². The molecule has 2 rings (SSSR count). The second-order valence-electron chi connectivity index (χ2n) is 8.30. The van der Waals surface area contributed by atoms with Gasteiger partial charge in [-0.3, -0.25) is 0 Å². The molecule has 24 heavy (non-hydrogen) atoms. The van der Waals surface area contributed by atoms with Gasteiger partial charge in [-0.15, -0.1) is 0 Å². The van der Waals surface area contributed by atoms with Gasteiger partial charge >= 0.3 is 0 Å². The van der Waals surface area contributed by atoms with Crippen LogP contribution in [0.4, 0.5) is 5.69 Å². The van der Waals surface area contributed by atoms with E-state index in [1.165, 1.54) is 27.9 Å². The maximum atomic E-state index is 3.50. The first-order chi connectivity index (χ1) is 11.2. The molecule has 1 N–H and O–H groups in total. The largest absolute Gasteiger partial charge is 0.388 e. The molecule has 0 aliphatic carbocycles. The number of hydrogen-bond acceptors (Lipinski definition) is 1. The molecule has 0 bridgehead atoms. The normalized spacial score (nSPS) is 13.2. The summed E-state index contributed by atoms with van der Waals surface area (Å²) < 4.78 is 0. The second-order valence-corrected chi connectivity index (χ2v) is 8.30. The molecule has 1 unspecified atom stereocenters. The van der Waals surface area contributed by atoms with Crippen LogP contribution in [0, 0.1) is 5.92 Å². The lowest BCUT2D eigenvalue weighted by atomic mass is 9.79. The number of nitrogens with one attached hydrogen (secondary N) is 1. The van der Waals surface area contributed by atoms with Crippen molar-refractivity contribution >= 4 is 5.69 Å². The molecule has 1 heteroatoms. The third kappa shape index (κ3) is 4.20. The number of rotatable bonds is 5. The molecule has 0 saturated heterocycles.